The molecule has 6 nitrogen and oxygen atoms in total. The number of fused-ring (bicyclic) bond motifs is 1. The average Bonchev–Trinajstić information content (AvgIpc) is 2.73. The maximum Gasteiger partial charge on any atom is 0.268 e. The SMILES string of the molecule is CC[C@@H]1CCCCN1CCCNC(=O)CN1C(=O)[C@H](CC)Oc2ccc(C)cc21. The molecule has 2 heterocycles. The van der Waals surface area contributed by atoms with Crippen LogP contribution < -0.4 is 15.0 Å². The van der Waals surface area contributed by atoms with Crippen molar-refractivity contribution < 1.29 is 14.3 Å². The summed E-state index contributed by atoms with van der Waals surface area (Å²) in [6.45, 7) is 9.02. The molecular formula is C23H35N3O3. The van der Waals surface area contributed by atoms with E-state index in [0.717, 1.165) is 18.5 Å². The Hall–Kier alpha value is -2.08. The molecule has 0 unspecified atom stereocenters. The van der Waals surface area contributed by atoms with Crippen LogP contribution in [-0.2, 0) is 9.59 Å². The first-order valence-electron chi connectivity index (χ1n) is 11.1. The van der Waals surface area contributed by atoms with Crippen molar-refractivity contribution in [1.82, 2.24) is 10.2 Å². The average molecular weight is 402 g/mol. The van der Waals surface area contributed by atoms with Crippen LogP contribution in [0, 0.1) is 6.92 Å². The number of nitrogens with zero attached hydrogens (tertiary/aromatic N) is 2. The Morgan fingerprint density at radius 3 is 2.83 bits per heavy atom. The fraction of sp³-hybridized carbons (Fsp3) is 0.652. The Bertz CT molecular complexity index is 721. The van der Waals surface area contributed by atoms with Crippen LogP contribution in [0.15, 0.2) is 18.2 Å². The van der Waals surface area contributed by atoms with E-state index in [9.17, 15) is 9.59 Å². The molecule has 1 aromatic rings. The smallest absolute Gasteiger partial charge is 0.268 e. The van der Waals surface area contributed by atoms with Gasteiger partial charge in [-0.1, -0.05) is 26.3 Å². The van der Waals surface area contributed by atoms with E-state index in [0.29, 0.717) is 30.4 Å². The van der Waals surface area contributed by atoms with Crippen molar-refractivity contribution in [3.63, 3.8) is 0 Å². The highest BCUT2D eigenvalue weighted by Crippen LogP contribution is 2.35. The fourth-order valence-electron chi connectivity index (χ4n) is 4.38. The largest absolute Gasteiger partial charge is 0.478 e. The van der Waals surface area contributed by atoms with Gasteiger partial charge in [-0.15, -0.1) is 0 Å². The Labute approximate surface area is 174 Å². The number of hydrogen-bond donors (Lipinski definition) is 1. The van der Waals surface area contributed by atoms with Gasteiger partial charge in [-0.05, 0) is 63.3 Å². The molecule has 0 aliphatic carbocycles. The summed E-state index contributed by atoms with van der Waals surface area (Å²) in [4.78, 5) is 29.5. The number of rotatable bonds is 8. The molecule has 2 atom stereocenters. The summed E-state index contributed by atoms with van der Waals surface area (Å²) >= 11 is 0. The van der Waals surface area contributed by atoms with Crippen molar-refractivity contribution in [1.29, 1.82) is 0 Å². The third-order valence-corrected chi connectivity index (χ3v) is 6.05. The number of aryl methyl sites for hydroxylation is 1. The third-order valence-electron chi connectivity index (χ3n) is 6.05. The lowest BCUT2D eigenvalue weighted by Crippen LogP contribution is -2.49. The van der Waals surface area contributed by atoms with Gasteiger partial charge in [0.15, 0.2) is 6.10 Å². The zero-order valence-corrected chi connectivity index (χ0v) is 18.1. The Balaban J connectivity index is 1.53. The molecule has 2 aliphatic rings. The van der Waals surface area contributed by atoms with Gasteiger partial charge in [-0.3, -0.25) is 14.5 Å². The van der Waals surface area contributed by atoms with E-state index >= 15 is 0 Å². The molecule has 1 N–H and O–H groups in total. The van der Waals surface area contributed by atoms with Crippen LogP contribution in [0.25, 0.3) is 0 Å². The normalized spacial score (nSPS) is 22.2. The Kier molecular flexibility index (Phi) is 7.53. The van der Waals surface area contributed by atoms with E-state index < -0.39 is 6.10 Å². The molecule has 29 heavy (non-hydrogen) atoms. The number of piperidine rings is 1. The number of benzene rings is 1. The number of carbonyl (C=O) groups excluding carboxylic acids is 2. The minimum Gasteiger partial charge on any atom is -0.478 e. The highest BCUT2D eigenvalue weighted by Gasteiger charge is 2.34. The second-order valence-corrected chi connectivity index (χ2v) is 8.21. The van der Waals surface area contributed by atoms with Crippen molar-refractivity contribution in [3.05, 3.63) is 23.8 Å². The zero-order chi connectivity index (χ0) is 20.8. The highest BCUT2D eigenvalue weighted by molar-refractivity contribution is 6.03. The minimum absolute atomic E-state index is 0.0381. The van der Waals surface area contributed by atoms with Crippen LogP contribution in [0.5, 0.6) is 5.75 Å². The van der Waals surface area contributed by atoms with Crippen molar-refractivity contribution in [2.75, 3.05) is 31.1 Å². The van der Waals surface area contributed by atoms with Gasteiger partial charge in [0.2, 0.25) is 5.91 Å². The summed E-state index contributed by atoms with van der Waals surface area (Å²) in [6.07, 6.45) is 6.09. The third kappa shape index (κ3) is 5.30. The van der Waals surface area contributed by atoms with E-state index in [1.165, 1.54) is 32.2 Å². The first-order chi connectivity index (χ1) is 14.0. The van der Waals surface area contributed by atoms with Gasteiger partial charge in [0.05, 0.1) is 5.69 Å². The molecular weight excluding hydrogens is 366 g/mol. The first-order valence-corrected chi connectivity index (χ1v) is 11.1. The van der Waals surface area contributed by atoms with E-state index in [-0.39, 0.29) is 18.4 Å². The van der Waals surface area contributed by atoms with Gasteiger partial charge in [0, 0.05) is 19.1 Å². The summed E-state index contributed by atoms with van der Waals surface area (Å²) in [5.74, 6) is 0.415. The number of anilines is 1. The molecule has 1 fully saturated rings. The maximum absolute atomic E-state index is 12.8. The standard InChI is InChI=1S/C23H35N3O3/c1-4-18-9-6-7-13-25(18)14-8-12-24-22(27)16-26-19-15-17(3)10-11-21(19)29-20(5-2)23(26)28/h10-11,15,18,20H,4-9,12-14,16H2,1-3H3,(H,24,27)/t18-,20+/m1/s1. The van der Waals surface area contributed by atoms with Crippen LogP contribution in [-0.4, -0.2) is 55.0 Å². The Morgan fingerprint density at radius 1 is 1.24 bits per heavy atom. The van der Waals surface area contributed by atoms with Crippen LogP contribution in [0.2, 0.25) is 0 Å². The van der Waals surface area contributed by atoms with Crippen molar-refractivity contribution in [2.45, 2.75) is 71.4 Å². The summed E-state index contributed by atoms with van der Waals surface area (Å²) in [7, 11) is 0. The number of ether oxygens (including phenoxy) is 1. The summed E-state index contributed by atoms with van der Waals surface area (Å²) in [5, 5.41) is 3.00. The van der Waals surface area contributed by atoms with E-state index in [4.69, 9.17) is 4.74 Å². The second-order valence-electron chi connectivity index (χ2n) is 8.21. The molecule has 6 heteroatoms. The Morgan fingerprint density at radius 2 is 2.07 bits per heavy atom. The van der Waals surface area contributed by atoms with Gasteiger partial charge in [0.1, 0.15) is 12.3 Å². The summed E-state index contributed by atoms with van der Waals surface area (Å²) < 4.78 is 5.82. The first kappa shape index (κ1) is 21.6. The number of likely N-dealkylation sites (tertiary alicyclic amines) is 1. The quantitative estimate of drug-likeness (QED) is 0.679. The number of carbonyl (C=O) groups is 2. The van der Waals surface area contributed by atoms with Gasteiger partial charge < -0.3 is 15.0 Å². The van der Waals surface area contributed by atoms with E-state index in [2.05, 4.69) is 17.1 Å². The number of amides is 2. The molecule has 0 aromatic heterocycles. The van der Waals surface area contributed by atoms with Gasteiger partial charge in [-0.25, -0.2) is 0 Å². The predicted octanol–water partition coefficient (Wildman–Crippen LogP) is 3.27. The van der Waals surface area contributed by atoms with Crippen LogP contribution in [0.1, 0.15) is 57.9 Å². The second kappa shape index (κ2) is 10.1. The fourth-order valence-corrected chi connectivity index (χ4v) is 4.38. The monoisotopic (exact) mass is 401 g/mol. The lowest BCUT2D eigenvalue weighted by atomic mass is 10.00. The molecule has 1 aromatic carbocycles. The van der Waals surface area contributed by atoms with Crippen LogP contribution in [0.3, 0.4) is 0 Å². The van der Waals surface area contributed by atoms with Crippen molar-refractivity contribution in [2.24, 2.45) is 0 Å². The molecule has 0 radical (unpaired) electrons. The molecule has 0 spiro atoms. The van der Waals surface area contributed by atoms with Crippen LogP contribution >= 0.6 is 0 Å². The molecule has 2 aliphatic heterocycles. The van der Waals surface area contributed by atoms with E-state index in [1.54, 1.807) is 4.90 Å². The molecule has 1 saturated heterocycles. The van der Waals surface area contributed by atoms with Crippen molar-refractivity contribution >= 4 is 17.5 Å². The predicted molar refractivity (Wildman–Crippen MR) is 115 cm³/mol. The van der Waals surface area contributed by atoms with Gasteiger partial charge in [0.25, 0.3) is 5.91 Å². The van der Waals surface area contributed by atoms with Crippen LogP contribution in [0.4, 0.5) is 5.69 Å². The van der Waals surface area contributed by atoms with E-state index in [1.807, 2.05) is 32.0 Å². The summed E-state index contributed by atoms with van der Waals surface area (Å²) in [5.41, 5.74) is 1.72. The molecule has 160 valence electrons. The molecule has 0 bridgehead atoms. The zero-order valence-electron chi connectivity index (χ0n) is 18.1. The van der Waals surface area contributed by atoms with Gasteiger partial charge in [-0.2, -0.15) is 0 Å². The lowest BCUT2D eigenvalue weighted by molar-refractivity contribution is -0.129. The molecule has 3 rings (SSSR count). The lowest BCUT2D eigenvalue weighted by Gasteiger charge is -2.35. The highest BCUT2D eigenvalue weighted by atomic mass is 16.5. The number of hydrogen-bond acceptors (Lipinski definition) is 4. The number of nitrogens with one attached hydrogen (secondary N) is 1. The van der Waals surface area contributed by atoms with Gasteiger partial charge >= 0.3 is 0 Å². The topological polar surface area (TPSA) is 61.9 Å². The molecule has 0 saturated carbocycles. The maximum atomic E-state index is 12.8. The molecule has 2 amide bonds. The summed E-state index contributed by atoms with van der Waals surface area (Å²) in [6, 6.07) is 6.45. The minimum atomic E-state index is -0.525. The van der Waals surface area contributed by atoms with Crippen molar-refractivity contribution in [3.8, 4) is 5.75 Å².